The van der Waals surface area contributed by atoms with Crippen LogP contribution in [-0.4, -0.2) is 18.2 Å². The molecule has 0 saturated heterocycles. The van der Waals surface area contributed by atoms with E-state index in [-0.39, 0.29) is 5.97 Å². The second kappa shape index (κ2) is 6.68. The third kappa shape index (κ3) is 4.12. The fraction of sp³-hybridized carbons (Fsp3) is 0.333. The van der Waals surface area contributed by atoms with E-state index in [0.29, 0.717) is 12.4 Å². The van der Waals surface area contributed by atoms with Gasteiger partial charge < -0.3 is 9.47 Å². The Morgan fingerprint density at radius 2 is 1.90 bits per heavy atom. The molecule has 6 heteroatoms. The van der Waals surface area contributed by atoms with E-state index in [4.69, 9.17) is 21.7 Å². The van der Waals surface area contributed by atoms with Crippen molar-refractivity contribution >= 4 is 38.9 Å². The maximum Gasteiger partial charge on any atom is 0.349 e. The normalized spacial score (nSPS) is 11.2. The van der Waals surface area contributed by atoms with E-state index in [1.807, 2.05) is 30.3 Å². The molecule has 0 bridgehead atoms. The molecule has 0 aliphatic heterocycles. The van der Waals surface area contributed by atoms with Crippen LogP contribution in [0.1, 0.15) is 20.8 Å². The zero-order valence-electron chi connectivity index (χ0n) is 12.0. The minimum absolute atomic E-state index is 0.341. The summed E-state index contributed by atoms with van der Waals surface area (Å²) in [6, 6.07) is 9.62. The average Bonchev–Trinajstić information content (AvgIpc) is 2.86. The predicted octanol–water partition coefficient (Wildman–Crippen LogP) is 4.93. The van der Waals surface area contributed by atoms with Gasteiger partial charge in [-0.05, 0) is 56.7 Å². The summed E-state index contributed by atoms with van der Waals surface area (Å²) in [4.78, 5) is 12.9. The molecule has 0 aliphatic carbocycles. The first-order valence-corrected chi connectivity index (χ1v) is 9.05. The van der Waals surface area contributed by atoms with Gasteiger partial charge in [-0.25, -0.2) is 4.79 Å². The highest BCUT2D eigenvalue weighted by atomic mass is 32.9. The molecular weight excluding hydrogens is 324 g/mol. The highest BCUT2D eigenvalue weighted by molar-refractivity contribution is 7.80. The summed E-state index contributed by atoms with van der Waals surface area (Å²) in [6.07, 6.45) is 0. The standard InChI is InChI=1S/C15H16O3S3/c1-4-17-14(16)15(2,3)18-11-7-5-10(6-8-11)12-9-13(19)21-20-12/h5-9H,4H2,1-3H3. The Bertz CT molecular complexity index is 668. The molecule has 3 nitrogen and oxygen atoms in total. The van der Waals surface area contributed by atoms with Crippen molar-refractivity contribution in [2.75, 3.05) is 6.61 Å². The molecule has 2 aromatic rings. The van der Waals surface area contributed by atoms with Crippen LogP contribution in [0.4, 0.5) is 0 Å². The van der Waals surface area contributed by atoms with Crippen LogP contribution in [0, 0.1) is 3.82 Å². The van der Waals surface area contributed by atoms with Crippen molar-refractivity contribution in [1.82, 2.24) is 0 Å². The summed E-state index contributed by atoms with van der Waals surface area (Å²) in [5.41, 5.74) is 0.0877. The van der Waals surface area contributed by atoms with Gasteiger partial charge in [0.2, 0.25) is 0 Å². The molecule has 0 spiro atoms. The summed E-state index contributed by atoms with van der Waals surface area (Å²) in [6.45, 7) is 5.51. The molecule has 0 atom stereocenters. The predicted molar refractivity (Wildman–Crippen MR) is 89.8 cm³/mol. The van der Waals surface area contributed by atoms with Gasteiger partial charge in [0.25, 0.3) is 0 Å². The Hall–Kier alpha value is -1.24. The Morgan fingerprint density at radius 1 is 1.24 bits per heavy atom. The monoisotopic (exact) mass is 340 g/mol. The average molecular weight is 340 g/mol. The van der Waals surface area contributed by atoms with Gasteiger partial charge in [-0.15, -0.1) is 0 Å². The molecule has 1 aromatic heterocycles. The molecule has 21 heavy (non-hydrogen) atoms. The number of ether oxygens (including phenoxy) is 2. The highest BCUT2D eigenvalue weighted by Gasteiger charge is 2.31. The largest absolute Gasteiger partial charge is 0.476 e. The fourth-order valence-electron chi connectivity index (χ4n) is 1.70. The van der Waals surface area contributed by atoms with E-state index in [1.165, 1.54) is 0 Å². The summed E-state index contributed by atoms with van der Waals surface area (Å²) in [7, 11) is 3.24. The Morgan fingerprint density at radius 3 is 2.43 bits per heavy atom. The van der Waals surface area contributed by atoms with E-state index in [2.05, 4.69) is 0 Å². The van der Waals surface area contributed by atoms with Crippen LogP contribution < -0.4 is 4.74 Å². The minimum Gasteiger partial charge on any atom is -0.476 e. The lowest BCUT2D eigenvalue weighted by Gasteiger charge is -2.24. The number of hydrogen-bond acceptors (Lipinski definition) is 6. The maximum atomic E-state index is 11.8. The van der Waals surface area contributed by atoms with Crippen molar-refractivity contribution in [3.63, 3.8) is 0 Å². The molecule has 0 fully saturated rings. The molecule has 2 rings (SSSR count). The summed E-state index contributed by atoms with van der Waals surface area (Å²) < 4.78 is 11.6. The number of benzene rings is 1. The van der Waals surface area contributed by atoms with Crippen molar-refractivity contribution in [3.05, 3.63) is 34.2 Å². The molecule has 0 unspecified atom stereocenters. The topological polar surface area (TPSA) is 35.5 Å². The SMILES string of the molecule is CCOC(=O)C(C)(C)Oc1ccc(-c2cc(=S)ss2)cc1. The lowest BCUT2D eigenvalue weighted by Crippen LogP contribution is -2.39. The molecular formula is C15H16O3S3. The smallest absolute Gasteiger partial charge is 0.349 e. The van der Waals surface area contributed by atoms with Crippen molar-refractivity contribution < 1.29 is 14.3 Å². The van der Waals surface area contributed by atoms with Crippen molar-refractivity contribution in [1.29, 1.82) is 0 Å². The van der Waals surface area contributed by atoms with Crippen LogP contribution in [0.2, 0.25) is 0 Å². The van der Waals surface area contributed by atoms with Gasteiger partial charge in [0, 0.05) is 4.88 Å². The molecule has 1 heterocycles. The Balaban J connectivity index is 2.12. The number of carbonyl (C=O) groups excluding carboxylic acids is 1. The molecule has 0 N–H and O–H groups in total. The van der Waals surface area contributed by atoms with Crippen LogP contribution in [0.15, 0.2) is 30.3 Å². The van der Waals surface area contributed by atoms with Crippen molar-refractivity contribution in [2.24, 2.45) is 0 Å². The fourth-order valence-corrected chi connectivity index (χ4v) is 4.10. The molecule has 1 aromatic carbocycles. The maximum absolute atomic E-state index is 11.8. The zero-order valence-corrected chi connectivity index (χ0v) is 14.5. The van der Waals surface area contributed by atoms with Crippen LogP contribution in [0.25, 0.3) is 10.4 Å². The zero-order chi connectivity index (χ0) is 15.5. The van der Waals surface area contributed by atoms with Gasteiger partial charge in [0.15, 0.2) is 5.60 Å². The Kier molecular flexibility index (Phi) is 5.13. The second-order valence-corrected chi connectivity index (χ2v) is 7.76. The molecule has 0 radical (unpaired) electrons. The van der Waals surface area contributed by atoms with Crippen LogP contribution >= 0.6 is 32.9 Å². The summed E-state index contributed by atoms with van der Waals surface area (Å²) >= 11 is 5.14. The lowest BCUT2D eigenvalue weighted by atomic mass is 10.1. The minimum atomic E-state index is -1.00. The van der Waals surface area contributed by atoms with Gasteiger partial charge >= 0.3 is 5.97 Å². The first kappa shape index (κ1) is 16.1. The summed E-state index contributed by atoms with van der Waals surface area (Å²) in [5.74, 6) is 0.264. The summed E-state index contributed by atoms with van der Waals surface area (Å²) in [5, 5.41) is 0. The van der Waals surface area contributed by atoms with E-state index in [9.17, 15) is 4.79 Å². The molecule has 0 aliphatic rings. The molecule has 0 saturated carbocycles. The quantitative estimate of drug-likeness (QED) is 0.439. The lowest BCUT2D eigenvalue weighted by molar-refractivity contribution is -0.158. The molecule has 112 valence electrons. The van der Waals surface area contributed by atoms with Gasteiger partial charge in [0.1, 0.15) is 9.57 Å². The number of esters is 1. The van der Waals surface area contributed by atoms with Gasteiger partial charge in [-0.3, -0.25) is 0 Å². The first-order chi connectivity index (χ1) is 9.92. The number of hydrogen-bond donors (Lipinski definition) is 0. The van der Waals surface area contributed by atoms with Crippen LogP contribution in [0.5, 0.6) is 5.75 Å². The van der Waals surface area contributed by atoms with E-state index >= 15 is 0 Å². The van der Waals surface area contributed by atoms with Crippen molar-refractivity contribution in [3.8, 4) is 16.2 Å². The van der Waals surface area contributed by atoms with Gasteiger partial charge in [-0.2, -0.15) is 0 Å². The van der Waals surface area contributed by atoms with Crippen LogP contribution in [-0.2, 0) is 9.53 Å². The third-order valence-corrected chi connectivity index (χ3v) is 5.65. The third-order valence-electron chi connectivity index (χ3n) is 2.74. The van der Waals surface area contributed by atoms with E-state index < -0.39 is 5.60 Å². The number of carbonyl (C=O) groups is 1. The second-order valence-electron chi connectivity index (χ2n) is 4.85. The van der Waals surface area contributed by atoms with E-state index in [0.717, 1.165) is 14.3 Å². The van der Waals surface area contributed by atoms with Gasteiger partial charge in [0.05, 0.1) is 6.61 Å². The van der Waals surface area contributed by atoms with E-state index in [1.54, 1.807) is 41.5 Å². The molecule has 0 amide bonds. The van der Waals surface area contributed by atoms with Gasteiger partial charge in [-0.1, -0.05) is 32.9 Å². The number of rotatable bonds is 5. The Labute approximate surface area is 136 Å². The van der Waals surface area contributed by atoms with Crippen LogP contribution in [0.3, 0.4) is 0 Å². The highest BCUT2D eigenvalue weighted by Crippen LogP contribution is 2.31. The van der Waals surface area contributed by atoms with Crippen molar-refractivity contribution in [2.45, 2.75) is 26.4 Å². The first-order valence-electron chi connectivity index (χ1n) is 6.49.